The van der Waals surface area contributed by atoms with Gasteiger partial charge in [0.2, 0.25) is 5.91 Å². The number of ether oxygens (including phenoxy) is 1. The second kappa shape index (κ2) is 5.36. The maximum Gasteiger partial charge on any atom is 0.225 e. The Labute approximate surface area is 103 Å². The van der Waals surface area contributed by atoms with E-state index in [0.29, 0.717) is 12.3 Å². The normalized spacial score (nSPS) is 24.5. The van der Waals surface area contributed by atoms with Crippen molar-refractivity contribution in [2.75, 3.05) is 26.7 Å². The van der Waals surface area contributed by atoms with Crippen molar-refractivity contribution in [1.82, 2.24) is 4.90 Å². The maximum atomic E-state index is 12.2. The molecule has 0 atom stereocenters. The van der Waals surface area contributed by atoms with Crippen LogP contribution in [0.25, 0.3) is 0 Å². The van der Waals surface area contributed by atoms with E-state index in [1.54, 1.807) is 7.11 Å². The van der Waals surface area contributed by atoms with Crippen LogP contribution < -0.4 is 5.73 Å². The molecule has 0 unspecified atom stereocenters. The molecule has 1 aliphatic heterocycles. The van der Waals surface area contributed by atoms with Crippen molar-refractivity contribution in [3.05, 3.63) is 0 Å². The highest BCUT2D eigenvalue weighted by Gasteiger charge is 2.40. The van der Waals surface area contributed by atoms with Crippen molar-refractivity contribution in [3.63, 3.8) is 0 Å². The molecule has 1 amide bonds. The molecular weight excluding hydrogens is 216 g/mol. The lowest BCUT2D eigenvalue weighted by atomic mass is 9.77. The molecule has 0 bridgehead atoms. The SMILES string of the molecule is COC1(CC(=O)N2CCC(CN)CC2)CCC1. The fourth-order valence-electron chi connectivity index (χ4n) is 2.83. The molecule has 17 heavy (non-hydrogen) atoms. The van der Waals surface area contributed by atoms with Gasteiger partial charge in [-0.15, -0.1) is 0 Å². The van der Waals surface area contributed by atoms with Crippen LogP contribution in [0, 0.1) is 5.92 Å². The number of likely N-dealkylation sites (tertiary alicyclic amines) is 1. The summed E-state index contributed by atoms with van der Waals surface area (Å²) in [5, 5.41) is 0. The van der Waals surface area contributed by atoms with E-state index in [4.69, 9.17) is 10.5 Å². The third-order valence-corrected chi connectivity index (χ3v) is 4.47. The van der Waals surface area contributed by atoms with Crippen molar-refractivity contribution in [3.8, 4) is 0 Å². The van der Waals surface area contributed by atoms with E-state index >= 15 is 0 Å². The summed E-state index contributed by atoms with van der Waals surface area (Å²) >= 11 is 0. The van der Waals surface area contributed by atoms with Gasteiger partial charge in [0.15, 0.2) is 0 Å². The molecule has 2 rings (SSSR count). The largest absolute Gasteiger partial charge is 0.378 e. The van der Waals surface area contributed by atoms with Gasteiger partial charge in [0.25, 0.3) is 0 Å². The van der Waals surface area contributed by atoms with Gasteiger partial charge >= 0.3 is 0 Å². The first kappa shape index (κ1) is 12.8. The third-order valence-electron chi connectivity index (χ3n) is 4.47. The molecule has 98 valence electrons. The Bertz CT molecular complexity index is 263. The predicted octanol–water partition coefficient (Wildman–Crippen LogP) is 1.14. The standard InChI is InChI=1S/C13H24N2O2/c1-17-13(5-2-6-13)9-12(16)15-7-3-11(10-14)4-8-15/h11H,2-10,14H2,1H3. The third kappa shape index (κ3) is 2.80. The van der Waals surface area contributed by atoms with Crippen LogP contribution in [0.15, 0.2) is 0 Å². The monoisotopic (exact) mass is 240 g/mol. The minimum Gasteiger partial charge on any atom is -0.378 e. The molecule has 0 radical (unpaired) electrons. The number of methoxy groups -OCH3 is 1. The lowest BCUT2D eigenvalue weighted by Gasteiger charge is -2.42. The van der Waals surface area contributed by atoms with Gasteiger partial charge in [0.1, 0.15) is 0 Å². The highest BCUT2D eigenvalue weighted by Crippen LogP contribution is 2.38. The van der Waals surface area contributed by atoms with Gasteiger partial charge in [0.05, 0.1) is 12.0 Å². The number of nitrogens with two attached hydrogens (primary N) is 1. The topological polar surface area (TPSA) is 55.6 Å². The number of nitrogens with zero attached hydrogens (tertiary/aromatic N) is 1. The minimum atomic E-state index is -0.137. The number of rotatable bonds is 4. The van der Waals surface area contributed by atoms with Gasteiger partial charge in [-0.3, -0.25) is 4.79 Å². The first-order valence-electron chi connectivity index (χ1n) is 6.72. The number of hydrogen-bond acceptors (Lipinski definition) is 3. The fourth-order valence-corrected chi connectivity index (χ4v) is 2.83. The highest BCUT2D eigenvalue weighted by molar-refractivity contribution is 5.77. The zero-order valence-electron chi connectivity index (χ0n) is 10.8. The summed E-state index contributed by atoms with van der Waals surface area (Å²) in [5.74, 6) is 0.876. The second-order valence-corrected chi connectivity index (χ2v) is 5.48. The zero-order chi connectivity index (χ0) is 12.3. The molecule has 1 heterocycles. The Morgan fingerprint density at radius 2 is 2.06 bits per heavy atom. The quantitative estimate of drug-likeness (QED) is 0.802. The van der Waals surface area contributed by atoms with E-state index < -0.39 is 0 Å². The molecule has 4 heteroatoms. The lowest BCUT2D eigenvalue weighted by molar-refractivity contribution is -0.145. The number of carbonyl (C=O) groups is 1. The Hall–Kier alpha value is -0.610. The van der Waals surface area contributed by atoms with Crippen molar-refractivity contribution < 1.29 is 9.53 Å². The molecule has 0 aromatic rings. The molecule has 1 saturated heterocycles. The van der Waals surface area contributed by atoms with E-state index in [1.165, 1.54) is 6.42 Å². The van der Waals surface area contributed by atoms with E-state index in [-0.39, 0.29) is 11.5 Å². The summed E-state index contributed by atoms with van der Waals surface area (Å²) in [5.41, 5.74) is 5.52. The molecular formula is C13H24N2O2. The summed E-state index contributed by atoms with van der Waals surface area (Å²) in [6, 6.07) is 0. The summed E-state index contributed by atoms with van der Waals surface area (Å²) in [7, 11) is 1.73. The van der Waals surface area contributed by atoms with Gasteiger partial charge in [-0.2, -0.15) is 0 Å². The Kier molecular flexibility index (Phi) is 4.05. The molecule has 2 fully saturated rings. The smallest absolute Gasteiger partial charge is 0.225 e. The average Bonchev–Trinajstić information content (AvgIpc) is 2.33. The van der Waals surface area contributed by atoms with Crippen LogP contribution in [0.2, 0.25) is 0 Å². The van der Waals surface area contributed by atoms with Crippen molar-refractivity contribution in [2.45, 2.75) is 44.1 Å². The van der Waals surface area contributed by atoms with E-state index in [2.05, 4.69) is 0 Å². The van der Waals surface area contributed by atoms with E-state index in [0.717, 1.165) is 45.3 Å². The van der Waals surface area contributed by atoms with Gasteiger partial charge < -0.3 is 15.4 Å². The molecule has 2 aliphatic rings. The molecule has 0 aromatic carbocycles. The van der Waals surface area contributed by atoms with E-state index in [1.807, 2.05) is 4.90 Å². The van der Waals surface area contributed by atoms with Crippen LogP contribution in [0.5, 0.6) is 0 Å². The average molecular weight is 240 g/mol. The molecule has 0 aromatic heterocycles. The van der Waals surface area contributed by atoms with Gasteiger partial charge in [-0.1, -0.05) is 0 Å². The van der Waals surface area contributed by atoms with Crippen molar-refractivity contribution in [2.24, 2.45) is 11.7 Å². The highest BCUT2D eigenvalue weighted by atomic mass is 16.5. The Morgan fingerprint density at radius 3 is 2.47 bits per heavy atom. The predicted molar refractivity (Wildman–Crippen MR) is 66.6 cm³/mol. The summed E-state index contributed by atoms with van der Waals surface area (Å²) in [6.07, 6.45) is 5.95. The summed E-state index contributed by atoms with van der Waals surface area (Å²) in [6.45, 7) is 2.50. The first-order valence-corrected chi connectivity index (χ1v) is 6.72. The molecule has 0 spiro atoms. The van der Waals surface area contributed by atoms with Crippen LogP contribution >= 0.6 is 0 Å². The Balaban J connectivity index is 1.80. The number of hydrogen-bond donors (Lipinski definition) is 1. The van der Waals surface area contributed by atoms with Crippen LogP contribution in [0.4, 0.5) is 0 Å². The molecule has 2 N–H and O–H groups in total. The van der Waals surface area contributed by atoms with E-state index in [9.17, 15) is 4.79 Å². The van der Waals surface area contributed by atoms with Crippen molar-refractivity contribution in [1.29, 1.82) is 0 Å². The fraction of sp³-hybridized carbons (Fsp3) is 0.923. The first-order chi connectivity index (χ1) is 8.19. The van der Waals surface area contributed by atoms with Crippen LogP contribution in [-0.4, -0.2) is 43.2 Å². The number of amides is 1. The summed E-state index contributed by atoms with van der Waals surface area (Å²) < 4.78 is 5.51. The maximum absolute atomic E-state index is 12.2. The molecule has 4 nitrogen and oxygen atoms in total. The minimum absolute atomic E-state index is 0.137. The summed E-state index contributed by atoms with van der Waals surface area (Å²) in [4.78, 5) is 14.2. The van der Waals surface area contributed by atoms with Crippen LogP contribution in [0.3, 0.4) is 0 Å². The van der Waals surface area contributed by atoms with Crippen LogP contribution in [0.1, 0.15) is 38.5 Å². The lowest BCUT2D eigenvalue weighted by Crippen LogP contribution is -2.47. The number of carbonyl (C=O) groups excluding carboxylic acids is 1. The molecule has 1 aliphatic carbocycles. The molecule has 1 saturated carbocycles. The van der Waals surface area contributed by atoms with Crippen molar-refractivity contribution >= 4 is 5.91 Å². The van der Waals surface area contributed by atoms with Gasteiger partial charge in [-0.25, -0.2) is 0 Å². The Morgan fingerprint density at radius 1 is 1.41 bits per heavy atom. The van der Waals surface area contributed by atoms with Gasteiger partial charge in [-0.05, 0) is 44.6 Å². The van der Waals surface area contributed by atoms with Crippen LogP contribution in [-0.2, 0) is 9.53 Å². The zero-order valence-corrected chi connectivity index (χ0v) is 10.8. The van der Waals surface area contributed by atoms with Gasteiger partial charge in [0, 0.05) is 20.2 Å². The number of piperidine rings is 1. The second-order valence-electron chi connectivity index (χ2n) is 5.48.